The largest absolute Gasteiger partial charge is 0.494 e. The highest BCUT2D eigenvalue weighted by atomic mass is 32.2. The molecular weight excluding hydrogens is 366 g/mol. The van der Waals surface area contributed by atoms with E-state index in [1.165, 1.54) is 0 Å². The van der Waals surface area contributed by atoms with Gasteiger partial charge in [0, 0.05) is 18.7 Å². The van der Waals surface area contributed by atoms with Crippen LogP contribution in [-0.2, 0) is 22.1 Å². The molecule has 0 fully saturated rings. The van der Waals surface area contributed by atoms with E-state index in [0.29, 0.717) is 41.5 Å². The maximum Gasteiger partial charge on any atom is 0.303 e. The number of benzene rings is 2. The zero-order chi connectivity index (χ0) is 19.6. The number of ether oxygens (including phenoxy) is 1. The second kappa shape index (κ2) is 10.5. The zero-order valence-corrected chi connectivity index (χ0v) is 16.0. The van der Waals surface area contributed by atoms with Gasteiger partial charge in [-0.1, -0.05) is 31.2 Å². The van der Waals surface area contributed by atoms with Gasteiger partial charge in [0.2, 0.25) is 0 Å². The quantitative estimate of drug-likeness (QED) is 0.610. The lowest BCUT2D eigenvalue weighted by atomic mass is 10.2. The maximum absolute atomic E-state index is 12.4. The third-order valence-corrected chi connectivity index (χ3v) is 5.19. The number of aliphatic carboxylic acids is 1. The van der Waals surface area contributed by atoms with E-state index in [2.05, 4.69) is 5.32 Å². The Balaban J connectivity index is 1.89. The summed E-state index contributed by atoms with van der Waals surface area (Å²) in [6.45, 7) is 2.50. The molecule has 0 saturated carbocycles. The minimum Gasteiger partial charge on any atom is -0.494 e. The normalized spacial score (nSPS) is 11.6. The first-order valence-corrected chi connectivity index (χ1v) is 10.0. The van der Waals surface area contributed by atoms with Gasteiger partial charge in [-0.25, -0.2) is 0 Å². The number of amides is 1. The van der Waals surface area contributed by atoms with Gasteiger partial charge in [-0.15, -0.1) is 0 Å². The van der Waals surface area contributed by atoms with Gasteiger partial charge in [0.1, 0.15) is 5.75 Å². The van der Waals surface area contributed by atoms with E-state index in [1.54, 1.807) is 36.4 Å². The van der Waals surface area contributed by atoms with E-state index in [-0.39, 0.29) is 12.3 Å². The molecule has 0 saturated heterocycles. The van der Waals surface area contributed by atoms with Gasteiger partial charge in [-0.3, -0.25) is 13.8 Å². The van der Waals surface area contributed by atoms with Crippen molar-refractivity contribution in [2.24, 2.45) is 0 Å². The fourth-order valence-electron chi connectivity index (χ4n) is 2.40. The van der Waals surface area contributed by atoms with Crippen LogP contribution in [0.3, 0.4) is 0 Å². The van der Waals surface area contributed by atoms with Crippen LogP contribution in [-0.4, -0.2) is 33.6 Å². The Labute approximate surface area is 161 Å². The second-order valence-corrected chi connectivity index (χ2v) is 7.51. The first-order chi connectivity index (χ1) is 13.0. The monoisotopic (exact) mass is 389 g/mol. The van der Waals surface area contributed by atoms with Gasteiger partial charge < -0.3 is 15.2 Å². The number of carbonyl (C=O) groups excluding carboxylic acids is 1. The Hall–Kier alpha value is -2.67. The van der Waals surface area contributed by atoms with E-state index in [9.17, 15) is 13.8 Å². The molecule has 27 heavy (non-hydrogen) atoms. The molecule has 144 valence electrons. The van der Waals surface area contributed by atoms with E-state index in [1.807, 2.05) is 19.1 Å². The van der Waals surface area contributed by atoms with Crippen LogP contribution in [0.5, 0.6) is 5.75 Å². The molecule has 2 aromatic carbocycles. The van der Waals surface area contributed by atoms with Crippen LogP contribution in [0.1, 0.15) is 35.7 Å². The van der Waals surface area contributed by atoms with Crippen molar-refractivity contribution in [1.29, 1.82) is 0 Å². The lowest BCUT2D eigenvalue weighted by Crippen LogP contribution is -2.24. The van der Waals surface area contributed by atoms with Crippen LogP contribution in [0, 0.1) is 0 Å². The van der Waals surface area contributed by atoms with Crippen molar-refractivity contribution in [2.75, 3.05) is 12.4 Å². The highest BCUT2D eigenvalue weighted by Gasteiger charge is 2.14. The van der Waals surface area contributed by atoms with E-state index < -0.39 is 16.8 Å². The number of nitrogens with one attached hydrogen (secondary N) is 1. The van der Waals surface area contributed by atoms with E-state index >= 15 is 0 Å². The first-order valence-electron chi connectivity index (χ1n) is 8.70. The third kappa shape index (κ3) is 6.53. The summed E-state index contributed by atoms with van der Waals surface area (Å²) in [7, 11) is -1.20. The molecule has 2 rings (SSSR count). The van der Waals surface area contributed by atoms with Gasteiger partial charge in [-0.05, 0) is 36.2 Å². The molecule has 0 aromatic heterocycles. The first kappa shape index (κ1) is 20.6. The Kier molecular flexibility index (Phi) is 8.00. The Morgan fingerprint density at radius 3 is 2.48 bits per heavy atom. The minimum absolute atomic E-state index is 0.0778. The molecule has 7 heteroatoms. The van der Waals surface area contributed by atoms with Crippen molar-refractivity contribution in [3.8, 4) is 5.75 Å². The average molecular weight is 389 g/mol. The molecule has 0 heterocycles. The van der Waals surface area contributed by atoms with Gasteiger partial charge in [0.15, 0.2) is 0 Å². The summed E-state index contributed by atoms with van der Waals surface area (Å²) >= 11 is 0. The van der Waals surface area contributed by atoms with Crippen LogP contribution in [0.25, 0.3) is 0 Å². The number of carboxylic acid groups (broad SMARTS) is 1. The molecule has 2 N–H and O–H groups in total. The second-order valence-electron chi connectivity index (χ2n) is 5.80. The standard InChI is InChI=1S/C20H23NO5S/c1-2-27(25)18-7-4-3-6-17(18)20(24)21-14-15-9-11-16(12-10-15)26-13-5-8-19(22)23/h3-4,6-7,9-12H,2,5,8,13-14H2,1H3,(H,21,24)(H,22,23). The van der Waals surface area contributed by atoms with Crippen LogP contribution in [0.15, 0.2) is 53.4 Å². The van der Waals surface area contributed by atoms with Crippen molar-refractivity contribution in [3.63, 3.8) is 0 Å². The number of carbonyl (C=O) groups is 2. The smallest absolute Gasteiger partial charge is 0.303 e. The van der Waals surface area contributed by atoms with Crippen molar-refractivity contribution < 1.29 is 23.6 Å². The highest BCUT2D eigenvalue weighted by Crippen LogP contribution is 2.15. The molecule has 1 atom stereocenters. The molecule has 0 bridgehead atoms. The molecule has 1 unspecified atom stereocenters. The summed E-state index contributed by atoms with van der Waals surface area (Å²) in [6.07, 6.45) is 0.528. The average Bonchev–Trinajstić information content (AvgIpc) is 2.69. The van der Waals surface area contributed by atoms with E-state index in [0.717, 1.165) is 5.56 Å². The lowest BCUT2D eigenvalue weighted by Gasteiger charge is -2.10. The predicted octanol–water partition coefficient (Wildman–Crippen LogP) is 2.99. The van der Waals surface area contributed by atoms with Crippen molar-refractivity contribution in [1.82, 2.24) is 5.32 Å². The Morgan fingerprint density at radius 2 is 1.81 bits per heavy atom. The van der Waals surface area contributed by atoms with Crippen molar-refractivity contribution >= 4 is 22.7 Å². The minimum atomic E-state index is -1.20. The van der Waals surface area contributed by atoms with Crippen LogP contribution in [0.2, 0.25) is 0 Å². The van der Waals surface area contributed by atoms with Gasteiger partial charge in [0.25, 0.3) is 5.91 Å². The summed E-state index contributed by atoms with van der Waals surface area (Å²) in [5.74, 6) is 0.00711. The molecule has 1 amide bonds. The van der Waals surface area contributed by atoms with E-state index in [4.69, 9.17) is 9.84 Å². The summed E-state index contributed by atoms with van der Waals surface area (Å²) in [5.41, 5.74) is 1.33. The van der Waals surface area contributed by atoms with Gasteiger partial charge >= 0.3 is 5.97 Å². The molecule has 2 aromatic rings. The summed E-state index contributed by atoms with van der Waals surface area (Å²) in [4.78, 5) is 23.4. The molecule has 0 aliphatic carbocycles. The molecule has 0 radical (unpaired) electrons. The highest BCUT2D eigenvalue weighted by molar-refractivity contribution is 7.85. The summed E-state index contributed by atoms with van der Waals surface area (Å²) < 4.78 is 17.6. The Morgan fingerprint density at radius 1 is 1.11 bits per heavy atom. The third-order valence-electron chi connectivity index (χ3n) is 3.82. The Bertz CT molecular complexity index is 804. The number of rotatable bonds is 10. The lowest BCUT2D eigenvalue weighted by molar-refractivity contribution is -0.137. The topological polar surface area (TPSA) is 92.7 Å². The van der Waals surface area contributed by atoms with Gasteiger partial charge in [-0.2, -0.15) is 0 Å². The number of carboxylic acids is 1. The molecule has 0 spiro atoms. The van der Waals surface area contributed by atoms with Crippen LogP contribution in [0.4, 0.5) is 0 Å². The van der Waals surface area contributed by atoms with Crippen LogP contribution >= 0.6 is 0 Å². The van der Waals surface area contributed by atoms with Crippen molar-refractivity contribution in [2.45, 2.75) is 31.2 Å². The molecular formula is C20H23NO5S. The fourth-order valence-corrected chi connectivity index (χ4v) is 3.35. The maximum atomic E-state index is 12.4. The summed E-state index contributed by atoms with van der Waals surface area (Å²) in [5, 5.41) is 11.4. The number of hydrogen-bond acceptors (Lipinski definition) is 4. The number of hydrogen-bond donors (Lipinski definition) is 2. The summed E-state index contributed by atoms with van der Waals surface area (Å²) in [6, 6.07) is 14.1. The zero-order valence-electron chi connectivity index (χ0n) is 15.1. The molecule has 6 nitrogen and oxygen atoms in total. The predicted molar refractivity (Wildman–Crippen MR) is 103 cm³/mol. The molecule has 0 aliphatic heterocycles. The SMILES string of the molecule is CCS(=O)c1ccccc1C(=O)NCc1ccc(OCCCC(=O)O)cc1. The van der Waals surface area contributed by atoms with Crippen LogP contribution < -0.4 is 10.1 Å². The molecule has 0 aliphatic rings. The van der Waals surface area contributed by atoms with Crippen molar-refractivity contribution in [3.05, 3.63) is 59.7 Å². The van der Waals surface area contributed by atoms with Gasteiger partial charge in [0.05, 0.1) is 27.9 Å². The fraction of sp³-hybridized carbons (Fsp3) is 0.300.